The number of carbonyl (C=O) groups is 4. The molecule has 0 bridgehead atoms. The maximum atomic E-state index is 12.8. The highest BCUT2D eigenvalue weighted by Crippen LogP contribution is 2.24. The third kappa shape index (κ3) is 12.6. The molecular weight excluding hydrogens is 648 g/mol. The van der Waals surface area contributed by atoms with Gasteiger partial charge in [-0.1, -0.05) is 63.6 Å². The summed E-state index contributed by atoms with van der Waals surface area (Å²) in [7, 11) is 0. The molecule has 0 fully saturated rings. The molecule has 9 heteroatoms. The predicted octanol–water partition coefficient (Wildman–Crippen LogP) is 8.90. The van der Waals surface area contributed by atoms with Gasteiger partial charge in [0.2, 0.25) is 0 Å². The van der Waals surface area contributed by atoms with Crippen molar-refractivity contribution in [3.05, 3.63) is 120 Å². The summed E-state index contributed by atoms with van der Waals surface area (Å²) in [5, 5.41) is 0. The van der Waals surface area contributed by atoms with Crippen molar-refractivity contribution < 1.29 is 42.9 Å². The number of ether oxygens (including phenoxy) is 5. The molecular formula is C42H44O9. The average molecular weight is 693 g/mol. The van der Waals surface area contributed by atoms with Crippen molar-refractivity contribution in [3.63, 3.8) is 0 Å². The quantitative estimate of drug-likeness (QED) is 0.0436. The van der Waals surface area contributed by atoms with Crippen molar-refractivity contribution in [2.75, 3.05) is 19.8 Å². The maximum absolute atomic E-state index is 12.8. The van der Waals surface area contributed by atoms with Gasteiger partial charge in [-0.2, -0.15) is 0 Å². The van der Waals surface area contributed by atoms with Crippen LogP contribution in [0.5, 0.6) is 17.2 Å². The molecule has 1 atom stereocenters. The summed E-state index contributed by atoms with van der Waals surface area (Å²) in [5.41, 5.74) is 3.42. The Hall–Kier alpha value is -5.70. The van der Waals surface area contributed by atoms with Gasteiger partial charge in [0.25, 0.3) is 0 Å². The van der Waals surface area contributed by atoms with Crippen LogP contribution in [-0.4, -0.2) is 43.7 Å². The Morgan fingerprint density at radius 2 is 1.08 bits per heavy atom. The SMILES string of the molecule is CCCCOC(=O)C=Cc1ccc(-c2ccc(OC(=O)c3ccc(OC(=O)c4ccc(OCCCCOC(=O)C(C)CC)cc4)cc3)cc2)cc1. The van der Waals surface area contributed by atoms with E-state index in [0.717, 1.165) is 42.4 Å². The lowest BCUT2D eigenvalue weighted by Crippen LogP contribution is -2.15. The van der Waals surface area contributed by atoms with E-state index >= 15 is 0 Å². The fraction of sp³-hybridized carbons (Fsp3) is 0.286. The number of hydrogen-bond donors (Lipinski definition) is 0. The summed E-state index contributed by atoms with van der Waals surface area (Å²) in [6, 6.07) is 27.6. The predicted molar refractivity (Wildman–Crippen MR) is 195 cm³/mol. The van der Waals surface area contributed by atoms with Gasteiger partial charge in [0.15, 0.2) is 0 Å². The summed E-state index contributed by atoms with van der Waals surface area (Å²) < 4.78 is 27.1. The number of benzene rings is 4. The molecule has 0 heterocycles. The first-order valence-electron chi connectivity index (χ1n) is 17.2. The van der Waals surface area contributed by atoms with Gasteiger partial charge in [-0.3, -0.25) is 4.79 Å². The van der Waals surface area contributed by atoms with Crippen LogP contribution >= 0.6 is 0 Å². The van der Waals surface area contributed by atoms with Gasteiger partial charge in [-0.05, 0) is 109 Å². The van der Waals surface area contributed by atoms with Crippen molar-refractivity contribution in [1.29, 1.82) is 0 Å². The van der Waals surface area contributed by atoms with E-state index in [0.29, 0.717) is 48.9 Å². The summed E-state index contributed by atoms with van der Waals surface area (Å²) in [5.74, 6) is -0.437. The highest BCUT2D eigenvalue weighted by molar-refractivity contribution is 5.93. The average Bonchev–Trinajstić information content (AvgIpc) is 3.16. The standard InChI is InChI=1S/C42H44O9/c1-4-6-27-48-39(43)26-11-31-9-12-32(13-10-31)33-14-22-37(23-15-33)50-42(46)35-18-24-38(25-19-35)51-41(45)34-16-20-36(21-17-34)47-28-7-8-29-49-40(44)30(3)5-2/h9-26,30H,4-8,27-29H2,1-3H3. The Morgan fingerprint density at radius 3 is 1.63 bits per heavy atom. The highest BCUT2D eigenvalue weighted by Gasteiger charge is 2.13. The van der Waals surface area contributed by atoms with Crippen LogP contribution in [0.2, 0.25) is 0 Å². The summed E-state index contributed by atoms with van der Waals surface area (Å²) in [6.45, 7) is 7.09. The first-order chi connectivity index (χ1) is 24.7. The van der Waals surface area contributed by atoms with E-state index < -0.39 is 11.9 Å². The summed E-state index contributed by atoms with van der Waals surface area (Å²) in [6.07, 6.45) is 7.14. The summed E-state index contributed by atoms with van der Waals surface area (Å²) in [4.78, 5) is 48.9. The van der Waals surface area contributed by atoms with Crippen LogP contribution in [0.25, 0.3) is 17.2 Å². The van der Waals surface area contributed by atoms with Gasteiger partial charge < -0.3 is 23.7 Å². The van der Waals surface area contributed by atoms with Crippen LogP contribution in [0.3, 0.4) is 0 Å². The van der Waals surface area contributed by atoms with E-state index in [1.807, 2.05) is 57.2 Å². The molecule has 0 amide bonds. The van der Waals surface area contributed by atoms with Crippen molar-refractivity contribution in [2.24, 2.45) is 5.92 Å². The second-order valence-electron chi connectivity index (χ2n) is 11.9. The topological polar surface area (TPSA) is 114 Å². The van der Waals surface area contributed by atoms with E-state index in [9.17, 15) is 19.2 Å². The van der Waals surface area contributed by atoms with E-state index in [1.165, 1.54) is 30.3 Å². The minimum absolute atomic E-state index is 0.0892. The fourth-order valence-corrected chi connectivity index (χ4v) is 4.59. The van der Waals surface area contributed by atoms with E-state index in [-0.39, 0.29) is 23.6 Å². The highest BCUT2D eigenvalue weighted by atomic mass is 16.5. The van der Waals surface area contributed by atoms with Crippen LogP contribution in [-0.2, 0) is 19.1 Å². The molecule has 4 aromatic rings. The maximum Gasteiger partial charge on any atom is 0.343 e. The summed E-state index contributed by atoms with van der Waals surface area (Å²) >= 11 is 0. The molecule has 266 valence electrons. The van der Waals surface area contributed by atoms with Gasteiger partial charge in [0, 0.05) is 6.08 Å². The molecule has 0 N–H and O–H groups in total. The molecule has 0 aromatic heterocycles. The largest absolute Gasteiger partial charge is 0.494 e. The van der Waals surface area contributed by atoms with Gasteiger partial charge in [0.05, 0.1) is 36.9 Å². The third-order valence-electron chi connectivity index (χ3n) is 7.92. The Balaban J connectivity index is 1.19. The number of rotatable bonds is 18. The van der Waals surface area contributed by atoms with Gasteiger partial charge >= 0.3 is 23.9 Å². The molecule has 0 aliphatic rings. The molecule has 0 radical (unpaired) electrons. The smallest absolute Gasteiger partial charge is 0.343 e. The first-order valence-corrected chi connectivity index (χ1v) is 17.2. The van der Waals surface area contributed by atoms with Gasteiger partial charge in [0.1, 0.15) is 17.2 Å². The second-order valence-corrected chi connectivity index (χ2v) is 11.9. The lowest BCUT2D eigenvalue weighted by atomic mass is 10.0. The molecule has 4 rings (SSSR count). The molecule has 51 heavy (non-hydrogen) atoms. The fourth-order valence-electron chi connectivity index (χ4n) is 4.59. The van der Waals surface area contributed by atoms with E-state index in [1.54, 1.807) is 42.5 Å². The van der Waals surface area contributed by atoms with Crippen molar-refractivity contribution in [1.82, 2.24) is 0 Å². The van der Waals surface area contributed by atoms with Crippen LogP contribution in [0, 0.1) is 5.92 Å². The Bertz CT molecular complexity index is 1740. The van der Waals surface area contributed by atoms with Crippen LogP contribution in [0.15, 0.2) is 103 Å². The van der Waals surface area contributed by atoms with Gasteiger partial charge in [-0.25, -0.2) is 14.4 Å². The van der Waals surface area contributed by atoms with Gasteiger partial charge in [-0.15, -0.1) is 0 Å². The zero-order chi connectivity index (χ0) is 36.4. The van der Waals surface area contributed by atoms with Crippen molar-refractivity contribution in [2.45, 2.75) is 52.9 Å². The minimum atomic E-state index is -0.548. The molecule has 0 spiro atoms. The molecule has 0 saturated heterocycles. The number of unbranched alkanes of at least 4 members (excludes halogenated alkanes) is 2. The van der Waals surface area contributed by atoms with Crippen LogP contribution < -0.4 is 14.2 Å². The lowest BCUT2D eigenvalue weighted by molar-refractivity contribution is -0.148. The monoisotopic (exact) mass is 692 g/mol. The zero-order valence-electron chi connectivity index (χ0n) is 29.3. The molecule has 0 aliphatic heterocycles. The molecule has 0 saturated carbocycles. The first kappa shape index (κ1) is 38.1. The second kappa shape index (κ2) is 20.1. The van der Waals surface area contributed by atoms with Crippen LogP contribution in [0.4, 0.5) is 0 Å². The third-order valence-corrected chi connectivity index (χ3v) is 7.92. The zero-order valence-corrected chi connectivity index (χ0v) is 29.3. The Kier molecular flexibility index (Phi) is 15.0. The molecule has 4 aromatic carbocycles. The number of esters is 4. The van der Waals surface area contributed by atoms with Crippen molar-refractivity contribution in [3.8, 4) is 28.4 Å². The van der Waals surface area contributed by atoms with E-state index in [4.69, 9.17) is 23.7 Å². The molecule has 0 aliphatic carbocycles. The molecule has 1 unspecified atom stereocenters. The molecule has 9 nitrogen and oxygen atoms in total. The Morgan fingerprint density at radius 1 is 0.588 bits per heavy atom. The normalized spacial score (nSPS) is 11.4. The van der Waals surface area contributed by atoms with Crippen LogP contribution in [0.1, 0.15) is 79.2 Å². The number of hydrogen-bond acceptors (Lipinski definition) is 9. The van der Waals surface area contributed by atoms with E-state index in [2.05, 4.69) is 0 Å². The van der Waals surface area contributed by atoms with Crippen molar-refractivity contribution >= 4 is 30.0 Å². The number of carbonyl (C=O) groups excluding carboxylic acids is 4. The lowest BCUT2D eigenvalue weighted by Gasteiger charge is -2.10. The Labute approximate surface area is 299 Å². The minimum Gasteiger partial charge on any atom is -0.494 e.